The van der Waals surface area contributed by atoms with Gasteiger partial charge in [-0.25, -0.2) is 0 Å². The lowest BCUT2D eigenvalue weighted by atomic mass is 10.2. The third-order valence-electron chi connectivity index (χ3n) is 1.97. The molecule has 0 spiro atoms. The highest BCUT2D eigenvalue weighted by Crippen LogP contribution is 2.23. The molecule has 0 aromatic heterocycles. The Balaban J connectivity index is 2.68. The van der Waals surface area contributed by atoms with Crippen molar-refractivity contribution in [3.05, 3.63) is 28.8 Å². The van der Waals surface area contributed by atoms with Crippen LogP contribution in [-0.2, 0) is 0 Å². The smallest absolute Gasteiger partial charge is 0.122 e. The fourth-order valence-electron chi connectivity index (χ4n) is 1.31. The van der Waals surface area contributed by atoms with Crippen LogP contribution in [0.25, 0.3) is 0 Å². The highest BCUT2D eigenvalue weighted by atomic mass is 35.5. The molecule has 0 aliphatic heterocycles. The number of ether oxygens (including phenoxy) is 1. The molecule has 0 bridgehead atoms. The zero-order valence-electron chi connectivity index (χ0n) is 8.88. The van der Waals surface area contributed by atoms with E-state index in [4.69, 9.17) is 27.5 Å². The first-order valence-electron chi connectivity index (χ1n) is 4.74. The monoisotopic (exact) mass is 226 g/mol. The van der Waals surface area contributed by atoms with Gasteiger partial charge in [-0.3, -0.25) is 5.41 Å². The zero-order valence-corrected chi connectivity index (χ0v) is 9.64. The normalized spacial score (nSPS) is 12.2. The van der Waals surface area contributed by atoms with Gasteiger partial charge in [-0.2, -0.15) is 0 Å². The number of amidine groups is 1. The van der Waals surface area contributed by atoms with Crippen LogP contribution in [-0.4, -0.2) is 11.9 Å². The van der Waals surface area contributed by atoms with Crippen molar-refractivity contribution in [1.29, 1.82) is 5.41 Å². The van der Waals surface area contributed by atoms with E-state index < -0.39 is 0 Å². The first-order valence-corrected chi connectivity index (χ1v) is 5.12. The summed E-state index contributed by atoms with van der Waals surface area (Å²) in [6.45, 7) is 3.82. The molecule has 1 unspecified atom stereocenters. The minimum absolute atomic E-state index is 0.0950. The van der Waals surface area contributed by atoms with Crippen LogP contribution in [0.4, 0.5) is 0 Å². The number of hydrogen-bond acceptors (Lipinski definition) is 2. The Morgan fingerprint density at radius 2 is 2.27 bits per heavy atom. The molecule has 1 atom stereocenters. The van der Waals surface area contributed by atoms with Crippen molar-refractivity contribution >= 4 is 17.4 Å². The van der Waals surface area contributed by atoms with Crippen molar-refractivity contribution in [3.63, 3.8) is 0 Å². The average molecular weight is 227 g/mol. The summed E-state index contributed by atoms with van der Waals surface area (Å²) in [6, 6.07) is 5.45. The van der Waals surface area contributed by atoms with E-state index in [9.17, 15) is 0 Å². The van der Waals surface area contributed by atoms with E-state index in [-0.39, 0.29) is 11.9 Å². The molecule has 0 saturated heterocycles. The van der Waals surface area contributed by atoms with Crippen molar-refractivity contribution < 1.29 is 4.74 Å². The molecule has 0 aliphatic rings. The van der Waals surface area contributed by atoms with Crippen LogP contribution in [0.5, 0.6) is 5.75 Å². The molecular weight excluding hydrogens is 212 g/mol. The molecule has 4 heteroatoms. The van der Waals surface area contributed by atoms with Gasteiger partial charge in [0, 0.05) is 11.4 Å². The Morgan fingerprint density at radius 3 is 2.80 bits per heavy atom. The number of aryl methyl sites for hydroxylation is 1. The Hall–Kier alpha value is -1.22. The van der Waals surface area contributed by atoms with Gasteiger partial charge in [-0.1, -0.05) is 11.6 Å². The molecule has 1 rings (SSSR count). The zero-order chi connectivity index (χ0) is 11.4. The molecule has 15 heavy (non-hydrogen) atoms. The predicted octanol–water partition coefficient (Wildman–Crippen LogP) is 2.74. The van der Waals surface area contributed by atoms with Crippen LogP contribution in [0, 0.1) is 12.3 Å². The summed E-state index contributed by atoms with van der Waals surface area (Å²) < 4.78 is 5.63. The minimum atomic E-state index is -0.0950. The number of nitrogens with one attached hydrogen (secondary N) is 1. The van der Waals surface area contributed by atoms with Crippen molar-refractivity contribution in [1.82, 2.24) is 0 Å². The van der Waals surface area contributed by atoms with E-state index >= 15 is 0 Å². The maximum atomic E-state index is 7.16. The standard InChI is InChI=1S/C11H15ClN2O/c1-7-5-9(12)3-4-10(7)15-8(2)6-11(13)14/h3-5,8H,6H2,1-2H3,(H3,13,14). The Kier molecular flexibility index (Phi) is 3.97. The van der Waals surface area contributed by atoms with Gasteiger partial charge in [0.05, 0.1) is 5.84 Å². The lowest BCUT2D eigenvalue weighted by Gasteiger charge is -2.15. The number of nitrogens with two attached hydrogens (primary N) is 1. The molecule has 0 saturated carbocycles. The largest absolute Gasteiger partial charge is 0.490 e. The van der Waals surface area contributed by atoms with E-state index in [0.29, 0.717) is 11.4 Å². The third-order valence-corrected chi connectivity index (χ3v) is 2.21. The third kappa shape index (κ3) is 3.80. The predicted molar refractivity (Wildman–Crippen MR) is 62.8 cm³/mol. The number of halogens is 1. The fraction of sp³-hybridized carbons (Fsp3) is 0.364. The molecule has 1 aromatic rings. The van der Waals surface area contributed by atoms with Gasteiger partial charge >= 0.3 is 0 Å². The molecule has 1 aromatic carbocycles. The van der Waals surface area contributed by atoms with Crippen LogP contribution in [0.3, 0.4) is 0 Å². The van der Waals surface area contributed by atoms with Crippen molar-refractivity contribution in [2.24, 2.45) is 5.73 Å². The Morgan fingerprint density at radius 1 is 1.60 bits per heavy atom. The summed E-state index contributed by atoms with van der Waals surface area (Å²) in [7, 11) is 0. The van der Waals surface area contributed by atoms with Gasteiger partial charge < -0.3 is 10.5 Å². The Bertz CT molecular complexity index is 366. The van der Waals surface area contributed by atoms with Crippen LogP contribution >= 0.6 is 11.6 Å². The van der Waals surface area contributed by atoms with Crippen LogP contribution in [0.1, 0.15) is 18.9 Å². The molecular formula is C11H15ClN2O. The first-order chi connectivity index (χ1) is 6.99. The molecule has 3 nitrogen and oxygen atoms in total. The van der Waals surface area contributed by atoms with Gasteiger partial charge in [-0.05, 0) is 37.6 Å². The second-order valence-corrected chi connectivity index (χ2v) is 4.00. The van der Waals surface area contributed by atoms with Crippen molar-refractivity contribution in [2.45, 2.75) is 26.4 Å². The molecule has 0 radical (unpaired) electrons. The lowest BCUT2D eigenvalue weighted by molar-refractivity contribution is 0.228. The first kappa shape index (κ1) is 11.9. The van der Waals surface area contributed by atoms with E-state index in [1.54, 1.807) is 6.07 Å². The molecule has 0 heterocycles. The maximum absolute atomic E-state index is 7.16. The van der Waals surface area contributed by atoms with Gasteiger partial charge in [0.15, 0.2) is 0 Å². The minimum Gasteiger partial charge on any atom is -0.490 e. The molecule has 3 N–H and O–H groups in total. The Labute approximate surface area is 94.7 Å². The highest BCUT2D eigenvalue weighted by Gasteiger charge is 2.07. The number of hydrogen-bond donors (Lipinski definition) is 2. The summed E-state index contributed by atoms with van der Waals surface area (Å²) in [5.41, 5.74) is 6.28. The number of benzene rings is 1. The second kappa shape index (κ2) is 5.03. The molecule has 0 amide bonds. The maximum Gasteiger partial charge on any atom is 0.122 e. The van der Waals surface area contributed by atoms with Crippen LogP contribution in [0.15, 0.2) is 18.2 Å². The summed E-state index contributed by atoms with van der Waals surface area (Å²) in [6.07, 6.45) is 0.338. The molecule has 0 fully saturated rings. The summed E-state index contributed by atoms with van der Waals surface area (Å²) >= 11 is 5.83. The second-order valence-electron chi connectivity index (χ2n) is 3.57. The van der Waals surface area contributed by atoms with Crippen LogP contribution < -0.4 is 10.5 Å². The SMILES string of the molecule is Cc1cc(Cl)ccc1OC(C)CC(=N)N. The van der Waals surface area contributed by atoms with Gasteiger partial charge in [0.1, 0.15) is 11.9 Å². The topological polar surface area (TPSA) is 59.1 Å². The molecule has 82 valence electrons. The highest BCUT2D eigenvalue weighted by molar-refractivity contribution is 6.30. The summed E-state index contributed by atoms with van der Waals surface area (Å²) in [4.78, 5) is 0. The fourth-order valence-corrected chi connectivity index (χ4v) is 1.54. The van der Waals surface area contributed by atoms with E-state index in [2.05, 4.69) is 0 Å². The van der Waals surface area contributed by atoms with Crippen molar-refractivity contribution in [2.75, 3.05) is 0 Å². The average Bonchev–Trinajstić information content (AvgIpc) is 2.08. The van der Waals surface area contributed by atoms with Gasteiger partial charge in [0.25, 0.3) is 0 Å². The van der Waals surface area contributed by atoms with E-state index in [0.717, 1.165) is 11.3 Å². The number of rotatable bonds is 4. The van der Waals surface area contributed by atoms with Gasteiger partial charge in [0.2, 0.25) is 0 Å². The lowest BCUT2D eigenvalue weighted by Crippen LogP contribution is -2.21. The van der Waals surface area contributed by atoms with E-state index in [1.165, 1.54) is 0 Å². The van der Waals surface area contributed by atoms with Crippen LogP contribution in [0.2, 0.25) is 5.02 Å². The quantitative estimate of drug-likeness (QED) is 0.613. The summed E-state index contributed by atoms with van der Waals surface area (Å²) in [5, 5.41) is 7.85. The van der Waals surface area contributed by atoms with E-state index in [1.807, 2.05) is 26.0 Å². The summed E-state index contributed by atoms with van der Waals surface area (Å²) in [5.74, 6) is 0.919. The van der Waals surface area contributed by atoms with Gasteiger partial charge in [-0.15, -0.1) is 0 Å². The van der Waals surface area contributed by atoms with Crippen molar-refractivity contribution in [3.8, 4) is 5.75 Å². The molecule has 0 aliphatic carbocycles.